The molecule has 228 valence electrons. The van der Waals surface area contributed by atoms with Gasteiger partial charge in [0.1, 0.15) is 11.5 Å². The first-order valence-electron chi connectivity index (χ1n) is 12.5. The maximum absolute atomic E-state index is 14.6. The zero-order valence-electron chi connectivity index (χ0n) is 22.1. The fraction of sp³-hybridized carbons (Fsp3) is 0.250. The van der Waals surface area contributed by atoms with Crippen LogP contribution in [-0.2, 0) is 22.1 Å². The van der Waals surface area contributed by atoms with Crippen molar-refractivity contribution >= 4 is 23.4 Å². The number of benzene rings is 3. The van der Waals surface area contributed by atoms with Crippen LogP contribution in [0.3, 0.4) is 0 Å². The summed E-state index contributed by atoms with van der Waals surface area (Å²) in [5.41, 5.74) is -0.922. The van der Waals surface area contributed by atoms with E-state index in [1.165, 1.54) is 48.5 Å². The topological polar surface area (TPSA) is 131 Å². The van der Waals surface area contributed by atoms with E-state index in [0.29, 0.717) is 5.56 Å². The number of rotatable bonds is 14. The normalized spacial score (nSPS) is 11.7. The summed E-state index contributed by atoms with van der Waals surface area (Å²) < 4.78 is 80.7. The molecule has 0 aliphatic rings. The van der Waals surface area contributed by atoms with Crippen molar-refractivity contribution in [3.63, 3.8) is 0 Å². The number of carbonyl (C=O) groups excluding carboxylic acids is 1. The molecule has 0 saturated heterocycles. The highest BCUT2D eigenvalue weighted by atomic mass is 19.4. The van der Waals surface area contributed by atoms with E-state index in [2.05, 4.69) is 0 Å². The molecule has 0 N–H and O–H groups in total. The summed E-state index contributed by atoms with van der Waals surface area (Å²) in [7, 11) is 0. The van der Waals surface area contributed by atoms with Gasteiger partial charge in [0.15, 0.2) is 0 Å². The number of nitro benzene ring substituents is 2. The summed E-state index contributed by atoms with van der Waals surface area (Å²) in [6.45, 7) is -0.448. The highest BCUT2D eigenvalue weighted by Gasteiger charge is 2.34. The Labute approximate surface area is 240 Å². The fourth-order valence-electron chi connectivity index (χ4n) is 3.58. The van der Waals surface area contributed by atoms with Crippen molar-refractivity contribution in [2.45, 2.75) is 31.5 Å². The zero-order valence-corrected chi connectivity index (χ0v) is 22.1. The summed E-state index contributed by atoms with van der Waals surface area (Å²) in [4.78, 5) is 32.5. The third kappa shape index (κ3) is 10.4. The first kappa shape index (κ1) is 32.4. The van der Waals surface area contributed by atoms with Gasteiger partial charge in [0, 0.05) is 30.5 Å². The van der Waals surface area contributed by atoms with E-state index >= 15 is 0 Å². The molecule has 0 amide bonds. The fourth-order valence-corrected chi connectivity index (χ4v) is 3.58. The molecule has 0 spiro atoms. The molecule has 0 heterocycles. The van der Waals surface area contributed by atoms with Gasteiger partial charge in [-0.3, -0.25) is 20.2 Å². The Kier molecular flexibility index (Phi) is 10.7. The molecule has 43 heavy (non-hydrogen) atoms. The van der Waals surface area contributed by atoms with Gasteiger partial charge < -0.3 is 14.2 Å². The molecule has 10 nitrogen and oxygen atoms in total. The number of halogens is 5. The molecule has 0 aromatic heterocycles. The van der Waals surface area contributed by atoms with E-state index in [0.717, 1.165) is 30.3 Å². The van der Waals surface area contributed by atoms with Gasteiger partial charge in [-0.05, 0) is 60.5 Å². The number of esters is 1. The SMILES string of the molecule is O=C(/C=C/c1ccc(C(F)(F)Oc2ccc(OCCCC(F)(F)F)cc2)cc1)OCCc1ccc([N+](=O)[O-])cc1[N+](=O)[O-]. The second kappa shape index (κ2) is 14.2. The molecule has 0 atom stereocenters. The predicted molar refractivity (Wildman–Crippen MR) is 142 cm³/mol. The third-order valence-electron chi connectivity index (χ3n) is 5.69. The zero-order chi connectivity index (χ0) is 31.6. The number of carbonyl (C=O) groups is 1. The number of ether oxygens (including phenoxy) is 3. The average molecular weight is 610 g/mol. The smallest absolute Gasteiger partial charge is 0.426 e. The quantitative estimate of drug-likeness (QED) is 0.0470. The summed E-state index contributed by atoms with van der Waals surface area (Å²) in [5.74, 6) is -0.825. The van der Waals surface area contributed by atoms with Crippen LogP contribution in [0.4, 0.5) is 33.3 Å². The van der Waals surface area contributed by atoms with Gasteiger partial charge in [-0.2, -0.15) is 22.0 Å². The van der Waals surface area contributed by atoms with Crippen LogP contribution in [0.2, 0.25) is 0 Å². The highest BCUT2D eigenvalue weighted by Crippen LogP contribution is 2.33. The lowest BCUT2D eigenvalue weighted by atomic mass is 10.1. The molecular weight excluding hydrogens is 587 g/mol. The van der Waals surface area contributed by atoms with Crippen molar-refractivity contribution in [1.82, 2.24) is 0 Å². The second-order valence-electron chi connectivity index (χ2n) is 8.86. The number of nitro groups is 2. The number of non-ortho nitro benzene ring substituents is 1. The Hall–Kier alpha value is -5.08. The number of hydrogen-bond donors (Lipinski definition) is 0. The van der Waals surface area contributed by atoms with E-state index in [1.807, 2.05) is 0 Å². The van der Waals surface area contributed by atoms with Gasteiger partial charge >= 0.3 is 18.3 Å². The number of hydrogen-bond acceptors (Lipinski definition) is 8. The lowest BCUT2D eigenvalue weighted by molar-refractivity contribution is -0.394. The van der Waals surface area contributed by atoms with Gasteiger partial charge in [-0.15, -0.1) is 0 Å². The number of alkyl halides is 5. The standard InChI is InChI=1S/C28H23F5N2O8/c29-27(30,31)15-1-16-41-23-9-11-24(12-10-23)43-28(32,33)21-6-2-19(3-7-21)4-13-26(36)42-17-14-20-5-8-22(34(37)38)18-25(20)35(39)40/h2-13,18H,1,14-17H2/b13-4+. The maximum atomic E-state index is 14.6. The van der Waals surface area contributed by atoms with E-state index < -0.39 is 51.5 Å². The van der Waals surface area contributed by atoms with Crippen molar-refractivity contribution in [1.29, 1.82) is 0 Å². The summed E-state index contributed by atoms with van der Waals surface area (Å²) in [6.07, 6.45) is -7.02. The van der Waals surface area contributed by atoms with Crippen LogP contribution in [0, 0.1) is 20.2 Å². The second-order valence-corrected chi connectivity index (χ2v) is 8.86. The van der Waals surface area contributed by atoms with Crippen LogP contribution in [0.1, 0.15) is 29.5 Å². The van der Waals surface area contributed by atoms with Gasteiger partial charge in [0.25, 0.3) is 11.4 Å². The van der Waals surface area contributed by atoms with Crippen LogP contribution in [-0.4, -0.2) is 35.2 Å². The maximum Gasteiger partial charge on any atom is 0.426 e. The Morgan fingerprint density at radius 1 is 0.837 bits per heavy atom. The molecule has 3 aromatic rings. The lowest BCUT2D eigenvalue weighted by Crippen LogP contribution is -2.21. The molecule has 3 aromatic carbocycles. The van der Waals surface area contributed by atoms with Crippen molar-refractivity contribution in [3.8, 4) is 11.5 Å². The minimum absolute atomic E-state index is 0.0740. The molecule has 0 unspecified atom stereocenters. The minimum atomic E-state index is -4.29. The first-order chi connectivity index (χ1) is 20.2. The van der Waals surface area contributed by atoms with Crippen molar-refractivity contribution < 1.29 is 50.8 Å². The van der Waals surface area contributed by atoms with Gasteiger partial charge in [-0.1, -0.05) is 12.1 Å². The molecule has 0 radical (unpaired) electrons. The highest BCUT2D eigenvalue weighted by molar-refractivity contribution is 5.87. The Bertz CT molecular complexity index is 1460. The van der Waals surface area contributed by atoms with E-state index in [9.17, 15) is 47.0 Å². The largest absolute Gasteiger partial charge is 0.494 e. The molecule has 0 aliphatic carbocycles. The molecule has 0 saturated carbocycles. The van der Waals surface area contributed by atoms with Crippen molar-refractivity contribution in [2.24, 2.45) is 0 Å². The molecule has 0 aliphatic heterocycles. The Balaban J connectivity index is 1.49. The average Bonchev–Trinajstić information content (AvgIpc) is 2.94. The summed E-state index contributed by atoms with van der Waals surface area (Å²) in [6, 6.07) is 12.8. The monoisotopic (exact) mass is 610 g/mol. The van der Waals surface area contributed by atoms with Crippen molar-refractivity contribution in [2.75, 3.05) is 13.2 Å². The van der Waals surface area contributed by atoms with E-state index in [1.54, 1.807) is 0 Å². The van der Waals surface area contributed by atoms with Crippen LogP contribution >= 0.6 is 0 Å². The van der Waals surface area contributed by atoms with Gasteiger partial charge in [0.2, 0.25) is 0 Å². The summed E-state index contributed by atoms with van der Waals surface area (Å²) >= 11 is 0. The number of nitrogens with zero attached hydrogens (tertiary/aromatic N) is 2. The third-order valence-corrected chi connectivity index (χ3v) is 5.69. The predicted octanol–water partition coefficient (Wildman–Crippen LogP) is 7.15. The Morgan fingerprint density at radius 2 is 1.49 bits per heavy atom. The molecule has 0 bridgehead atoms. The van der Waals surface area contributed by atoms with Gasteiger partial charge in [-0.25, -0.2) is 4.79 Å². The van der Waals surface area contributed by atoms with Crippen LogP contribution in [0.25, 0.3) is 6.08 Å². The lowest BCUT2D eigenvalue weighted by Gasteiger charge is -2.18. The molecular formula is C28H23F5N2O8. The van der Waals surface area contributed by atoms with Crippen LogP contribution < -0.4 is 9.47 Å². The minimum Gasteiger partial charge on any atom is -0.494 e. The molecule has 3 rings (SSSR count). The van der Waals surface area contributed by atoms with E-state index in [4.69, 9.17) is 14.2 Å². The van der Waals surface area contributed by atoms with Gasteiger partial charge in [0.05, 0.1) is 34.7 Å². The van der Waals surface area contributed by atoms with Crippen LogP contribution in [0.15, 0.2) is 72.8 Å². The van der Waals surface area contributed by atoms with Crippen LogP contribution in [0.5, 0.6) is 11.5 Å². The molecule has 0 fully saturated rings. The first-order valence-corrected chi connectivity index (χ1v) is 12.5. The van der Waals surface area contributed by atoms with Crippen molar-refractivity contribution in [3.05, 3.63) is 110 Å². The summed E-state index contributed by atoms with van der Waals surface area (Å²) in [5, 5.41) is 22.0. The Morgan fingerprint density at radius 3 is 2.09 bits per heavy atom. The molecule has 15 heteroatoms. The van der Waals surface area contributed by atoms with E-state index in [-0.39, 0.29) is 43.1 Å².